The highest BCUT2D eigenvalue weighted by atomic mass is 16.5. The van der Waals surface area contributed by atoms with E-state index in [0.717, 1.165) is 22.2 Å². The van der Waals surface area contributed by atoms with Crippen LogP contribution in [0.15, 0.2) is 95.8 Å². The molecule has 0 saturated carbocycles. The zero-order chi connectivity index (χ0) is 28.9. The number of nitrogens with zero attached hydrogens (tertiary/aromatic N) is 3. The van der Waals surface area contributed by atoms with Crippen molar-refractivity contribution in [2.45, 2.75) is 40.2 Å². The van der Waals surface area contributed by atoms with E-state index in [-0.39, 0.29) is 17.5 Å². The van der Waals surface area contributed by atoms with Crippen LogP contribution in [0.4, 0.5) is 10.5 Å². The van der Waals surface area contributed by atoms with Crippen LogP contribution in [0.25, 0.3) is 27.4 Å². The number of carbonyl (C=O) groups excluding carboxylic acids is 1. The Morgan fingerprint density at radius 1 is 0.902 bits per heavy atom. The first-order chi connectivity index (χ1) is 19.9. The first-order valence-corrected chi connectivity index (χ1v) is 14.2. The third-order valence-electron chi connectivity index (χ3n) is 7.12. The molecule has 0 bridgehead atoms. The molecule has 1 unspecified atom stereocenters. The maximum absolute atomic E-state index is 14.1. The van der Waals surface area contributed by atoms with Gasteiger partial charge >= 0.3 is 6.03 Å². The monoisotopic (exact) mass is 548 g/mol. The van der Waals surface area contributed by atoms with E-state index in [1.54, 1.807) is 10.6 Å². The third kappa shape index (κ3) is 5.80. The van der Waals surface area contributed by atoms with Crippen molar-refractivity contribution in [2.24, 2.45) is 5.92 Å². The molecule has 4 aromatic carbocycles. The molecule has 0 aliphatic carbocycles. The Kier molecular flexibility index (Phi) is 8.34. The van der Waals surface area contributed by atoms with Gasteiger partial charge in [0.25, 0.3) is 5.56 Å². The van der Waals surface area contributed by atoms with Gasteiger partial charge in [0.1, 0.15) is 11.6 Å². The summed E-state index contributed by atoms with van der Waals surface area (Å²) < 4.78 is 7.28. The zero-order valence-corrected chi connectivity index (χ0v) is 24.0. The van der Waals surface area contributed by atoms with E-state index in [0.29, 0.717) is 42.0 Å². The van der Waals surface area contributed by atoms with Crippen molar-refractivity contribution >= 4 is 33.4 Å². The molecule has 7 nitrogen and oxygen atoms in total. The van der Waals surface area contributed by atoms with Crippen LogP contribution in [0.5, 0.6) is 5.75 Å². The Morgan fingerprint density at radius 3 is 2.29 bits per heavy atom. The molecule has 2 amide bonds. The van der Waals surface area contributed by atoms with E-state index in [1.165, 1.54) is 0 Å². The molecule has 0 aliphatic heterocycles. The fourth-order valence-corrected chi connectivity index (χ4v) is 5.29. The SMILES string of the molecule is CCOc1ccc(-n2c(C(CC)N(CC(C)C)C(=O)Nc3cccc4ccccc34)nc3ccccc3c2=O)cc1. The molecular formula is C34H36N4O3. The Labute approximate surface area is 240 Å². The van der Waals surface area contributed by atoms with Gasteiger partial charge in [-0.25, -0.2) is 9.78 Å². The predicted molar refractivity (Wildman–Crippen MR) is 166 cm³/mol. The van der Waals surface area contributed by atoms with Crippen LogP contribution in [0.3, 0.4) is 0 Å². The Morgan fingerprint density at radius 2 is 1.59 bits per heavy atom. The van der Waals surface area contributed by atoms with Gasteiger partial charge in [-0.1, -0.05) is 69.3 Å². The summed E-state index contributed by atoms with van der Waals surface area (Å²) in [6.45, 7) is 9.16. The predicted octanol–water partition coefficient (Wildman–Crippen LogP) is 7.58. The number of para-hydroxylation sites is 1. The molecule has 5 rings (SSSR count). The van der Waals surface area contributed by atoms with Crippen LogP contribution in [0.1, 0.15) is 46.0 Å². The molecule has 210 valence electrons. The highest BCUT2D eigenvalue weighted by molar-refractivity contribution is 6.01. The van der Waals surface area contributed by atoms with Gasteiger partial charge in [0, 0.05) is 11.9 Å². The molecule has 7 heteroatoms. The van der Waals surface area contributed by atoms with Crippen molar-refractivity contribution < 1.29 is 9.53 Å². The van der Waals surface area contributed by atoms with Crippen molar-refractivity contribution in [3.8, 4) is 11.4 Å². The topological polar surface area (TPSA) is 76.5 Å². The number of fused-ring (bicyclic) bond motifs is 2. The number of anilines is 1. The van der Waals surface area contributed by atoms with Gasteiger partial charge in [-0.15, -0.1) is 0 Å². The summed E-state index contributed by atoms with van der Waals surface area (Å²) >= 11 is 0. The molecule has 1 atom stereocenters. The number of benzene rings is 4. The molecule has 1 N–H and O–H groups in total. The van der Waals surface area contributed by atoms with Gasteiger partial charge in [-0.05, 0) is 67.1 Å². The van der Waals surface area contributed by atoms with Crippen LogP contribution >= 0.6 is 0 Å². The van der Waals surface area contributed by atoms with Gasteiger partial charge in [0.2, 0.25) is 0 Å². The lowest BCUT2D eigenvalue weighted by molar-refractivity contribution is 0.171. The maximum atomic E-state index is 14.1. The molecule has 0 saturated heterocycles. The summed E-state index contributed by atoms with van der Waals surface area (Å²) in [5, 5.41) is 5.70. The first kappa shape index (κ1) is 27.9. The molecule has 1 heterocycles. The highest BCUT2D eigenvalue weighted by Gasteiger charge is 2.30. The number of hydrogen-bond donors (Lipinski definition) is 1. The number of nitrogens with one attached hydrogen (secondary N) is 1. The summed E-state index contributed by atoms with van der Waals surface area (Å²) in [5.41, 5.74) is 1.84. The Balaban J connectivity index is 1.63. The van der Waals surface area contributed by atoms with Crippen molar-refractivity contribution in [1.82, 2.24) is 14.5 Å². The fourth-order valence-electron chi connectivity index (χ4n) is 5.29. The van der Waals surface area contributed by atoms with Gasteiger partial charge in [0.05, 0.1) is 34.9 Å². The molecule has 0 aliphatic rings. The average Bonchev–Trinajstić information content (AvgIpc) is 2.98. The van der Waals surface area contributed by atoms with E-state index in [1.807, 2.05) is 104 Å². The Bertz CT molecular complexity index is 1720. The first-order valence-electron chi connectivity index (χ1n) is 14.2. The van der Waals surface area contributed by atoms with Crippen molar-refractivity contribution in [1.29, 1.82) is 0 Å². The summed E-state index contributed by atoms with van der Waals surface area (Å²) in [6.07, 6.45) is 0.567. The van der Waals surface area contributed by atoms with Gasteiger partial charge in [0.15, 0.2) is 0 Å². The average molecular weight is 549 g/mol. The minimum Gasteiger partial charge on any atom is -0.494 e. The van der Waals surface area contributed by atoms with Crippen LogP contribution in [0, 0.1) is 5.92 Å². The minimum absolute atomic E-state index is 0.174. The van der Waals surface area contributed by atoms with Gasteiger partial charge < -0.3 is 15.0 Å². The lowest BCUT2D eigenvalue weighted by Crippen LogP contribution is -2.42. The number of urea groups is 1. The molecule has 0 fully saturated rings. The van der Waals surface area contributed by atoms with Crippen LogP contribution in [0.2, 0.25) is 0 Å². The molecule has 5 aromatic rings. The highest BCUT2D eigenvalue weighted by Crippen LogP contribution is 2.30. The summed E-state index contributed by atoms with van der Waals surface area (Å²) in [7, 11) is 0. The standard InChI is InChI=1S/C34H36N4O3/c1-5-31(37(22-23(3)4)34(40)36-29-17-11-13-24-12-7-8-14-27(24)29)32-35-30-16-10-9-15-28(30)33(39)38(32)25-18-20-26(21-19-25)41-6-2/h7-21,23,31H,5-6,22H2,1-4H3,(H,36,40). The smallest absolute Gasteiger partial charge is 0.322 e. The number of rotatable bonds is 9. The molecule has 41 heavy (non-hydrogen) atoms. The lowest BCUT2D eigenvalue weighted by Gasteiger charge is -2.33. The minimum atomic E-state index is -0.462. The molecule has 0 radical (unpaired) electrons. The Hall–Kier alpha value is -4.65. The summed E-state index contributed by atoms with van der Waals surface area (Å²) in [6, 6.07) is 28.0. The summed E-state index contributed by atoms with van der Waals surface area (Å²) in [5.74, 6) is 1.44. The number of aromatic nitrogens is 2. The normalized spacial score (nSPS) is 12.0. The van der Waals surface area contributed by atoms with Crippen LogP contribution < -0.4 is 15.6 Å². The van der Waals surface area contributed by atoms with Gasteiger partial charge in [-0.2, -0.15) is 0 Å². The number of ether oxygens (including phenoxy) is 1. The number of amides is 2. The van der Waals surface area contributed by atoms with Crippen molar-refractivity contribution in [2.75, 3.05) is 18.5 Å². The fraction of sp³-hybridized carbons (Fsp3) is 0.265. The maximum Gasteiger partial charge on any atom is 0.322 e. The largest absolute Gasteiger partial charge is 0.494 e. The lowest BCUT2D eigenvalue weighted by atomic mass is 10.1. The molecule has 1 aromatic heterocycles. The second-order valence-electron chi connectivity index (χ2n) is 10.5. The van der Waals surface area contributed by atoms with Crippen LogP contribution in [-0.2, 0) is 0 Å². The van der Waals surface area contributed by atoms with E-state index in [9.17, 15) is 9.59 Å². The van der Waals surface area contributed by atoms with E-state index in [2.05, 4.69) is 19.2 Å². The summed E-state index contributed by atoms with van der Waals surface area (Å²) in [4.78, 5) is 34.9. The number of carbonyl (C=O) groups is 1. The van der Waals surface area contributed by atoms with E-state index in [4.69, 9.17) is 9.72 Å². The second kappa shape index (κ2) is 12.3. The van der Waals surface area contributed by atoms with E-state index < -0.39 is 6.04 Å². The van der Waals surface area contributed by atoms with Gasteiger partial charge in [-0.3, -0.25) is 9.36 Å². The van der Waals surface area contributed by atoms with Crippen molar-refractivity contribution in [3.63, 3.8) is 0 Å². The van der Waals surface area contributed by atoms with E-state index >= 15 is 0 Å². The third-order valence-corrected chi connectivity index (χ3v) is 7.12. The second-order valence-corrected chi connectivity index (χ2v) is 10.5. The van der Waals surface area contributed by atoms with Crippen molar-refractivity contribution in [3.05, 3.63) is 107 Å². The zero-order valence-electron chi connectivity index (χ0n) is 24.0. The quantitative estimate of drug-likeness (QED) is 0.206. The molecular weight excluding hydrogens is 512 g/mol. The molecule has 0 spiro atoms. The van der Waals surface area contributed by atoms with Crippen LogP contribution in [-0.4, -0.2) is 33.6 Å². The number of hydrogen-bond acceptors (Lipinski definition) is 4.